The molecular weight excluding hydrogens is 302 g/mol. The number of carbonyl (C=O) groups excluding carboxylic acids is 1. The Bertz CT molecular complexity index is 723. The van der Waals surface area contributed by atoms with Crippen molar-refractivity contribution in [2.75, 3.05) is 26.2 Å². The predicted molar refractivity (Wildman–Crippen MR) is 90.6 cm³/mol. The first-order chi connectivity index (χ1) is 11.6. The molecule has 24 heavy (non-hydrogen) atoms. The Morgan fingerprint density at radius 1 is 1.12 bits per heavy atom. The number of aromatic nitrogens is 1. The van der Waals surface area contributed by atoms with Crippen molar-refractivity contribution < 1.29 is 9.32 Å². The van der Waals surface area contributed by atoms with Gasteiger partial charge in [-0.05, 0) is 31.2 Å². The summed E-state index contributed by atoms with van der Waals surface area (Å²) in [5.41, 5.74) is 3.27. The molecule has 0 N–H and O–H groups in total. The van der Waals surface area contributed by atoms with Gasteiger partial charge in [-0.1, -0.05) is 35.0 Å². The molecule has 5 nitrogen and oxygen atoms in total. The second-order valence-electron chi connectivity index (χ2n) is 7.21. The number of fused-ring (bicyclic) bond motifs is 1. The van der Waals surface area contributed by atoms with E-state index >= 15 is 0 Å². The average molecular weight is 325 g/mol. The number of likely N-dealkylation sites (tertiary alicyclic amines) is 2. The van der Waals surface area contributed by atoms with Gasteiger partial charge in [0, 0.05) is 32.7 Å². The van der Waals surface area contributed by atoms with Gasteiger partial charge in [0.1, 0.15) is 11.3 Å². The maximum absolute atomic E-state index is 12.6. The molecule has 0 saturated carbocycles. The quantitative estimate of drug-likeness (QED) is 0.870. The van der Waals surface area contributed by atoms with E-state index in [0.29, 0.717) is 23.2 Å². The van der Waals surface area contributed by atoms with Crippen molar-refractivity contribution in [2.45, 2.75) is 20.4 Å². The van der Waals surface area contributed by atoms with Crippen LogP contribution < -0.4 is 0 Å². The van der Waals surface area contributed by atoms with Crippen LogP contribution in [0, 0.1) is 25.7 Å². The molecule has 0 radical (unpaired) electrons. The number of carbonyl (C=O) groups is 1. The van der Waals surface area contributed by atoms with Crippen molar-refractivity contribution in [3.63, 3.8) is 0 Å². The van der Waals surface area contributed by atoms with Crippen LogP contribution >= 0.6 is 0 Å². The SMILES string of the molecule is Cc1ccc(CN2C[C@@H]3CN(C(=O)c4cnoc4C)C[C@@H]3C2)cc1. The summed E-state index contributed by atoms with van der Waals surface area (Å²) < 4.78 is 5.03. The molecule has 5 heteroatoms. The molecule has 2 aromatic rings. The molecule has 2 aliphatic heterocycles. The van der Waals surface area contributed by atoms with E-state index in [-0.39, 0.29) is 5.91 Å². The third-order valence-electron chi connectivity index (χ3n) is 5.36. The number of benzene rings is 1. The lowest BCUT2D eigenvalue weighted by atomic mass is 10.0. The van der Waals surface area contributed by atoms with Gasteiger partial charge in [-0.3, -0.25) is 9.69 Å². The van der Waals surface area contributed by atoms with Gasteiger partial charge in [0.15, 0.2) is 0 Å². The maximum atomic E-state index is 12.6. The highest BCUT2D eigenvalue weighted by molar-refractivity contribution is 5.95. The average Bonchev–Trinajstić information content (AvgIpc) is 3.23. The third-order valence-corrected chi connectivity index (χ3v) is 5.36. The van der Waals surface area contributed by atoms with Crippen LogP contribution in [0.3, 0.4) is 0 Å². The minimum absolute atomic E-state index is 0.0632. The van der Waals surface area contributed by atoms with Crippen LogP contribution in [-0.4, -0.2) is 47.0 Å². The van der Waals surface area contributed by atoms with Crippen LogP contribution in [0.15, 0.2) is 35.0 Å². The van der Waals surface area contributed by atoms with Crippen LogP contribution in [0.25, 0.3) is 0 Å². The summed E-state index contributed by atoms with van der Waals surface area (Å²) in [5, 5.41) is 3.72. The molecular formula is C19H23N3O2. The first-order valence-electron chi connectivity index (χ1n) is 8.58. The highest BCUT2D eigenvalue weighted by Crippen LogP contribution is 2.32. The molecule has 2 aliphatic rings. The Balaban J connectivity index is 1.36. The molecule has 1 aromatic carbocycles. The largest absolute Gasteiger partial charge is 0.361 e. The zero-order valence-corrected chi connectivity index (χ0v) is 14.2. The Kier molecular flexibility index (Phi) is 3.88. The summed E-state index contributed by atoms with van der Waals surface area (Å²) >= 11 is 0. The third kappa shape index (κ3) is 2.84. The standard InChI is InChI=1S/C19H23N3O2/c1-13-3-5-15(6-4-13)8-21-9-16-11-22(12-17(16)10-21)19(23)18-7-20-24-14(18)2/h3-7,16-17H,8-12H2,1-2H3/t16-,17+. The molecule has 0 unspecified atom stereocenters. The number of nitrogens with zero attached hydrogens (tertiary/aromatic N) is 3. The Hall–Kier alpha value is -2.14. The number of hydrogen-bond donors (Lipinski definition) is 0. The number of amides is 1. The van der Waals surface area contributed by atoms with Crippen LogP contribution in [0.1, 0.15) is 27.2 Å². The van der Waals surface area contributed by atoms with Gasteiger partial charge < -0.3 is 9.42 Å². The van der Waals surface area contributed by atoms with Crippen LogP contribution in [-0.2, 0) is 6.54 Å². The Morgan fingerprint density at radius 3 is 2.38 bits per heavy atom. The summed E-state index contributed by atoms with van der Waals surface area (Å²) in [7, 11) is 0. The second-order valence-corrected chi connectivity index (χ2v) is 7.21. The number of aryl methyl sites for hydroxylation is 2. The van der Waals surface area contributed by atoms with Crippen LogP contribution in [0.5, 0.6) is 0 Å². The smallest absolute Gasteiger partial charge is 0.259 e. The summed E-state index contributed by atoms with van der Waals surface area (Å²) in [5.74, 6) is 1.84. The fraction of sp³-hybridized carbons (Fsp3) is 0.474. The van der Waals surface area contributed by atoms with Gasteiger partial charge in [0.05, 0.1) is 6.20 Å². The fourth-order valence-corrected chi connectivity index (χ4v) is 4.01. The van der Waals surface area contributed by atoms with Gasteiger partial charge in [-0.15, -0.1) is 0 Å². The molecule has 2 atom stereocenters. The Morgan fingerprint density at radius 2 is 1.79 bits per heavy atom. The zero-order chi connectivity index (χ0) is 16.7. The summed E-state index contributed by atoms with van der Waals surface area (Å²) in [4.78, 5) is 17.1. The van der Waals surface area contributed by atoms with Crippen molar-refractivity contribution in [1.29, 1.82) is 0 Å². The lowest BCUT2D eigenvalue weighted by molar-refractivity contribution is 0.0771. The lowest BCUT2D eigenvalue weighted by Gasteiger charge is -2.21. The highest BCUT2D eigenvalue weighted by Gasteiger charge is 2.42. The van der Waals surface area contributed by atoms with Gasteiger partial charge in [0.25, 0.3) is 5.91 Å². The normalized spacial score (nSPS) is 23.7. The maximum Gasteiger partial charge on any atom is 0.259 e. The van der Waals surface area contributed by atoms with E-state index in [1.165, 1.54) is 17.3 Å². The molecule has 0 aliphatic carbocycles. The molecule has 0 bridgehead atoms. The van der Waals surface area contributed by atoms with Gasteiger partial charge >= 0.3 is 0 Å². The zero-order valence-electron chi connectivity index (χ0n) is 14.2. The topological polar surface area (TPSA) is 49.6 Å². The Labute approximate surface area is 142 Å². The van der Waals surface area contributed by atoms with Gasteiger partial charge in [-0.2, -0.15) is 0 Å². The van der Waals surface area contributed by atoms with Crippen molar-refractivity contribution in [2.24, 2.45) is 11.8 Å². The number of rotatable bonds is 3. The first-order valence-corrected chi connectivity index (χ1v) is 8.58. The minimum atomic E-state index is 0.0632. The van der Waals surface area contributed by atoms with E-state index < -0.39 is 0 Å². The molecule has 1 aromatic heterocycles. The predicted octanol–water partition coefficient (Wildman–Crippen LogP) is 2.50. The molecule has 0 spiro atoms. The van der Waals surface area contributed by atoms with E-state index in [2.05, 4.69) is 41.2 Å². The highest BCUT2D eigenvalue weighted by atomic mass is 16.5. The monoisotopic (exact) mass is 325 g/mol. The van der Waals surface area contributed by atoms with Gasteiger partial charge in [0.2, 0.25) is 0 Å². The van der Waals surface area contributed by atoms with E-state index in [9.17, 15) is 4.79 Å². The molecule has 4 rings (SSSR count). The molecule has 126 valence electrons. The van der Waals surface area contributed by atoms with Crippen molar-refractivity contribution in [3.8, 4) is 0 Å². The van der Waals surface area contributed by atoms with Crippen LogP contribution in [0.4, 0.5) is 0 Å². The van der Waals surface area contributed by atoms with Crippen molar-refractivity contribution >= 4 is 5.91 Å². The molecule has 3 heterocycles. The van der Waals surface area contributed by atoms with E-state index in [1.54, 1.807) is 6.92 Å². The first kappa shape index (κ1) is 15.4. The van der Waals surface area contributed by atoms with Crippen molar-refractivity contribution in [3.05, 3.63) is 52.9 Å². The summed E-state index contributed by atoms with van der Waals surface area (Å²) in [6.07, 6.45) is 1.54. The van der Waals surface area contributed by atoms with E-state index in [0.717, 1.165) is 32.7 Å². The fourth-order valence-electron chi connectivity index (χ4n) is 4.01. The second kappa shape index (κ2) is 6.06. The lowest BCUT2D eigenvalue weighted by Crippen LogP contribution is -2.33. The molecule has 1 amide bonds. The summed E-state index contributed by atoms with van der Waals surface area (Å²) in [6.45, 7) is 8.76. The van der Waals surface area contributed by atoms with Crippen LogP contribution in [0.2, 0.25) is 0 Å². The minimum Gasteiger partial charge on any atom is -0.361 e. The van der Waals surface area contributed by atoms with E-state index in [4.69, 9.17) is 4.52 Å². The summed E-state index contributed by atoms with van der Waals surface area (Å²) in [6, 6.07) is 8.78. The van der Waals surface area contributed by atoms with Crippen molar-refractivity contribution in [1.82, 2.24) is 15.0 Å². The molecule has 2 fully saturated rings. The van der Waals surface area contributed by atoms with E-state index in [1.807, 2.05) is 4.90 Å². The molecule has 2 saturated heterocycles. The number of hydrogen-bond acceptors (Lipinski definition) is 4. The van der Waals surface area contributed by atoms with Gasteiger partial charge in [-0.25, -0.2) is 0 Å².